The predicted octanol–water partition coefficient (Wildman–Crippen LogP) is 6.37. The van der Waals surface area contributed by atoms with E-state index >= 15 is 0 Å². The van der Waals surface area contributed by atoms with Gasteiger partial charge < -0.3 is 12.4 Å². The monoisotopic (exact) mass is 573 g/mol. The van der Waals surface area contributed by atoms with Crippen molar-refractivity contribution in [2.24, 2.45) is 0 Å². The third-order valence-corrected chi connectivity index (χ3v) is 7.52. The van der Waals surface area contributed by atoms with Gasteiger partial charge in [0.15, 0.2) is 12.4 Å². The molecule has 0 fully saturated rings. The molecule has 0 aliphatic carbocycles. The highest BCUT2D eigenvalue weighted by molar-refractivity contribution is 5.12. The zero-order chi connectivity index (χ0) is 27.8. The Hall–Kier alpha value is -2.78. The molecule has 0 aliphatic rings. The molecular formula is C37H52ClN3. The van der Waals surface area contributed by atoms with Crippen LogP contribution >= 0.6 is 0 Å². The van der Waals surface area contributed by atoms with E-state index in [4.69, 9.17) is 0 Å². The Morgan fingerprint density at radius 3 is 1.83 bits per heavy atom. The van der Waals surface area contributed by atoms with E-state index in [1.807, 2.05) is 36.9 Å². The van der Waals surface area contributed by atoms with E-state index in [0.717, 1.165) is 25.8 Å². The highest BCUT2D eigenvalue weighted by atomic mass is 35.5. The molecule has 41 heavy (non-hydrogen) atoms. The van der Waals surface area contributed by atoms with Gasteiger partial charge in [-0.3, -0.25) is 9.97 Å². The number of halogens is 1. The summed E-state index contributed by atoms with van der Waals surface area (Å²) in [5, 5.41) is 0. The predicted molar refractivity (Wildman–Crippen MR) is 169 cm³/mol. The van der Waals surface area contributed by atoms with Crippen molar-refractivity contribution in [3.05, 3.63) is 115 Å². The van der Waals surface area contributed by atoms with Crippen LogP contribution in [0.25, 0.3) is 0 Å². The summed E-state index contributed by atoms with van der Waals surface area (Å²) in [4.78, 5) is 8.35. The van der Waals surface area contributed by atoms with Crippen LogP contribution in [0.5, 0.6) is 0 Å². The van der Waals surface area contributed by atoms with Crippen molar-refractivity contribution in [2.75, 3.05) is 0 Å². The molecule has 0 aliphatic heterocycles. The van der Waals surface area contributed by atoms with Crippen LogP contribution in [0, 0.1) is 0 Å². The summed E-state index contributed by atoms with van der Waals surface area (Å²) >= 11 is 0. The van der Waals surface area contributed by atoms with Crippen LogP contribution in [0.3, 0.4) is 0 Å². The molecule has 3 aromatic heterocycles. The van der Waals surface area contributed by atoms with E-state index in [1.54, 1.807) is 0 Å². The molecule has 3 nitrogen and oxygen atoms in total. The SMILES string of the molecule is C(=C/Cc1cccnc1)/CCCCCCCCC[n+]1cccc(CCCCCC/C=C\CCc2cccnc2)c1.[Cl-]. The Bertz CT molecular complexity index is 1070. The normalized spacial score (nSPS) is 11.3. The fraction of sp³-hybridized carbons (Fsp3) is 0.486. The van der Waals surface area contributed by atoms with Gasteiger partial charge in [0.1, 0.15) is 6.54 Å². The average Bonchev–Trinajstić information content (AvgIpc) is 3.00. The van der Waals surface area contributed by atoms with E-state index in [2.05, 4.69) is 75.5 Å². The number of hydrogen-bond acceptors (Lipinski definition) is 2. The molecule has 0 aromatic carbocycles. The number of nitrogens with zero attached hydrogens (tertiary/aromatic N) is 3. The molecule has 3 heterocycles. The average molecular weight is 574 g/mol. The minimum atomic E-state index is 0. The lowest BCUT2D eigenvalue weighted by atomic mass is 10.1. The van der Waals surface area contributed by atoms with E-state index in [-0.39, 0.29) is 12.4 Å². The van der Waals surface area contributed by atoms with Crippen molar-refractivity contribution in [3.8, 4) is 0 Å². The summed E-state index contributed by atoms with van der Waals surface area (Å²) in [5.74, 6) is 0. The van der Waals surface area contributed by atoms with Crippen molar-refractivity contribution >= 4 is 0 Å². The first-order valence-corrected chi connectivity index (χ1v) is 16.0. The van der Waals surface area contributed by atoms with Crippen molar-refractivity contribution in [1.29, 1.82) is 0 Å². The smallest absolute Gasteiger partial charge is 0.171 e. The van der Waals surface area contributed by atoms with Gasteiger partial charge in [-0.25, -0.2) is 4.57 Å². The summed E-state index contributed by atoms with van der Waals surface area (Å²) in [6.45, 7) is 1.16. The molecule has 0 N–H and O–H groups in total. The summed E-state index contributed by atoms with van der Waals surface area (Å²) in [6.07, 6.45) is 43.1. The summed E-state index contributed by atoms with van der Waals surface area (Å²) in [6, 6.07) is 12.9. The van der Waals surface area contributed by atoms with E-state index < -0.39 is 0 Å². The minimum absolute atomic E-state index is 0. The zero-order valence-corrected chi connectivity index (χ0v) is 25.9. The lowest BCUT2D eigenvalue weighted by molar-refractivity contribution is -0.697. The van der Waals surface area contributed by atoms with Crippen LogP contribution in [-0.4, -0.2) is 9.97 Å². The number of pyridine rings is 3. The van der Waals surface area contributed by atoms with Crippen LogP contribution in [0.4, 0.5) is 0 Å². The van der Waals surface area contributed by atoms with E-state index in [0.29, 0.717) is 0 Å². The molecular weight excluding hydrogens is 522 g/mol. The fourth-order valence-corrected chi connectivity index (χ4v) is 5.14. The Balaban J connectivity index is 0.00000588. The first-order chi connectivity index (χ1) is 19.9. The molecule has 0 bridgehead atoms. The highest BCUT2D eigenvalue weighted by Gasteiger charge is 2.03. The maximum absolute atomic E-state index is 4.18. The van der Waals surface area contributed by atoms with Crippen LogP contribution in [0.15, 0.2) is 97.9 Å². The molecule has 4 heteroatoms. The molecule has 0 atom stereocenters. The lowest BCUT2D eigenvalue weighted by Crippen LogP contribution is -3.00. The molecule has 0 saturated carbocycles. The number of allylic oxidation sites excluding steroid dienone is 4. The van der Waals surface area contributed by atoms with Gasteiger partial charge in [-0.05, 0) is 93.5 Å². The maximum Gasteiger partial charge on any atom is 0.171 e. The highest BCUT2D eigenvalue weighted by Crippen LogP contribution is 2.11. The first-order valence-electron chi connectivity index (χ1n) is 16.0. The van der Waals surface area contributed by atoms with Gasteiger partial charge in [0.2, 0.25) is 0 Å². The van der Waals surface area contributed by atoms with Gasteiger partial charge in [-0.2, -0.15) is 0 Å². The Morgan fingerprint density at radius 2 is 1.12 bits per heavy atom. The second-order valence-electron chi connectivity index (χ2n) is 11.1. The van der Waals surface area contributed by atoms with Crippen molar-refractivity contribution in [1.82, 2.24) is 9.97 Å². The van der Waals surface area contributed by atoms with Gasteiger partial charge >= 0.3 is 0 Å². The molecule has 0 spiro atoms. The molecule has 222 valence electrons. The topological polar surface area (TPSA) is 29.7 Å². The fourth-order valence-electron chi connectivity index (χ4n) is 5.14. The largest absolute Gasteiger partial charge is 1.00 e. The first kappa shape index (κ1) is 34.4. The molecule has 0 unspecified atom stereocenters. The summed E-state index contributed by atoms with van der Waals surface area (Å²) in [5.41, 5.74) is 4.11. The zero-order valence-electron chi connectivity index (χ0n) is 25.2. The molecule has 0 radical (unpaired) electrons. The number of unbranched alkanes of at least 4 members (excludes halogenated alkanes) is 11. The van der Waals surface area contributed by atoms with Crippen LogP contribution in [-0.2, 0) is 25.8 Å². The number of aryl methyl sites for hydroxylation is 3. The van der Waals surface area contributed by atoms with Crippen molar-refractivity contribution in [3.63, 3.8) is 0 Å². The molecule has 0 amide bonds. The Kier molecular flexibility index (Phi) is 20.0. The van der Waals surface area contributed by atoms with Gasteiger partial charge in [0.25, 0.3) is 0 Å². The summed E-state index contributed by atoms with van der Waals surface area (Å²) in [7, 11) is 0. The Labute approximate surface area is 256 Å². The van der Waals surface area contributed by atoms with Crippen LogP contribution < -0.4 is 17.0 Å². The van der Waals surface area contributed by atoms with Crippen molar-refractivity contribution < 1.29 is 17.0 Å². The molecule has 0 saturated heterocycles. The van der Waals surface area contributed by atoms with E-state index in [1.165, 1.54) is 107 Å². The standard InChI is InChI=1S/C37H52N3.ClH/c1(3-7-11-15-22-35-25-19-28-38-32-35)2-6-10-14-18-30-40-31-21-27-37(34-40)24-17-13-9-5-4-8-12-16-23-36-26-20-29-39-33-36;/h8,11-12,15,19-21,25-29,31-34H,1-7,9-10,13-14,16-18,22-24,30H2;1H/q+1;/p-1/b12-8-,15-11-;. The number of rotatable bonds is 22. The van der Waals surface area contributed by atoms with Gasteiger partial charge in [0, 0.05) is 42.8 Å². The lowest BCUT2D eigenvalue weighted by Gasteiger charge is -2.03. The second kappa shape index (κ2) is 23.9. The van der Waals surface area contributed by atoms with E-state index in [9.17, 15) is 0 Å². The number of aromatic nitrogens is 3. The van der Waals surface area contributed by atoms with Gasteiger partial charge in [0.05, 0.1) is 0 Å². The third kappa shape index (κ3) is 17.6. The van der Waals surface area contributed by atoms with Crippen molar-refractivity contribution in [2.45, 2.75) is 116 Å². The quantitative estimate of drug-likeness (QED) is 0.0794. The summed E-state index contributed by atoms with van der Waals surface area (Å²) < 4.78 is 2.41. The van der Waals surface area contributed by atoms with Gasteiger partial charge in [-0.1, -0.05) is 75.0 Å². The molecule has 3 aromatic rings. The number of hydrogen-bond donors (Lipinski definition) is 0. The minimum Gasteiger partial charge on any atom is -1.00 e. The van der Waals surface area contributed by atoms with Gasteiger partial charge in [-0.15, -0.1) is 0 Å². The van der Waals surface area contributed by atoms with Crippen LogP contribution in [0.2, 0.25) is 0 Å². The van der Waals surface area contributed by atoms with Crippen LogP contribution in [0.1, 0.15) is 107 Å². The third-order valence-electron chi connectivity index (χ3n) is 7.52. The second-order valence-corrected chi connectivity index (χ2v) is 11.1. The molecule has 3 rings (SSSR count). The Morgan fingerprint density at radius 1 is 0.537 bits per heavy atom. The maximum atomic E-state index is 4.18.